The molecule has 1 aliphatic heterocycles. The summed E-state index contributed by atoms with van der Waals surface area (Å²) in [7, 11) is 0. The summed E-state index contributed by atoms with van der Waals surface area (Å²) in [6.07, 6.45) is 4.73. The summed E-state index contributed by atoms with van der Waals surface area (Å²) in [5.41, 5.74) is -0.611. The number of aliphatic carboxylic acids is 1. The van der Waals surface area contributed by atoms with Crippen LogP contribution in [0.25, 0.3) is 0 Å². The standard InChI is InChI=1S/C13H19NO4/c1-13(2,3)18-12(17)14-9-6-4-5-8(9)7-10(14)11(15)16/h4,6,8-10H,5,7H2,1-3H3,(H,15,16)/t8-,9+,10-/m0/s1. The second-order valence-electron chi connectivity index (χ2n) is 5.89. The Bertz CT molecular complexity index is 396. The van der Waals surface area contributed by atoms with Crippen LogP contribution >= 0.6 is 0 Å². The number of allylic oxidation sites excluding steroid dienone is 1. The van der Waals surface area contributed by atoms with Crippen molar-refractivity contribution in [1.82, 2.24) is 4.90 Å². The molecule has 5 nitrogen and oxygen atoms in total. The van der Waals surface area contributed by atoms with Gasteiger partial charge in [-0.15, -0.1) is 0 Å². The van der Waals surface area contributed by atoms with Gasteiger partial charge in [0.2, 0.25) is 0 Å². The molecule has 3 atom stereocenters. The molecule has 100 valence electrons. The van der Waals surface area contributed by atoms with Crippen LogP contribution in [0.15, 0.2) is 12.2 Å². The van der Waals surface area contributed by atoms with Gasteiger partial charge in [0.25, 0.3) is 0 Å². The van der Waals surface area contributed by atoms with Crippen LogP contribution in [0.5, 0.6) is 0 Å². The fourth-order valence-corrected chi connectivity index (χ4v) is 2.64. The molecule has 1 N–H and O–H groups in total. The number of carbonyl (C=O) groups excluding carboxylic acids is 1. The van der Waals surface area contributed by atoms with Gasteiger partial charge in [0.1, 0.15) is 11.6 Å². The lowest BCUT2D eigenvalue weighted by atomic mass is 10.0. The zero-order valence-corrected chi connectivity index (χ0v) is 10.9. The maximum absolute atomic E-state index is 12.1. The monoisotopic (exact) mass is 253 g/mol. The van der Waals surface area contributed by atoms with Crippen molar-refractivity contribution in [3.8, 4) is 0 Å². The summed E-state index contributed by atoms with van der Waals surface area (Å²) in [5, 5.41) is 9.21. The van der Waals surface area contributed by atoms with Crippen LogP contribution in [0.1, 0.15) is 33.6 Å². The highest BCUT2D eigenvalue weighted by Crippen LogP contribution is 2.38. The number of likely N-dealkylation sites (tertiary alicyclic amines) is 1. The largest absolute Gasteiger partial charge is 0.480 e. The molecule has 1 aliphatic carbocycles. The predicted molar refractivity (Wildman–Crippen MR) is 65.1 cm³/mol. The zero-order valence-electron chi connectivity index (χ0n) is 10.9. The number of ether oxygens (including phenoxy) is 1. The Balaban J connectivity index is 2.18. The van der Waals surface area contributed by atoms with Gasteiger partial charge in [-0.2, -0.15) is 0 Å². The minimum absolute atomic E-state index is 0.124. The van der Waals surface area contributed by atoms with E-state index >= 15 is 0 Å². The first-order valence-electron chi connectivity index (χ1n) is 6.20. The molecule has 1 heterocycles. The molecular formula is C13H19NO4. The van der Waals surface area contributed by atoms with E-state index in [1.165, 1.54) is 4.90 Å². The van der Waals surface area contributed by atoms with Crippen molar-refractivity contribution in [1.29, 1.82) is 0 Å². The summed E-state index contributed by atoms with van der Waals surface area (Å²) in [6, 6.07) is -0.888. The maximum Gasteiger partial charge on any atom is 0.411 e. The third-order valence-corrected chi connectivity index (χ3v) is 3.33. The number of carboxylic acids is 1. The Morgan fingerprint density at radius 3 is 2.61 bits per heavy atom. The molecule has 0 unspecified atom stereocenters. The zero-order chi connectivity index (χ0) is 13.5. The van der Waals surface area contributed by atoms with Crippen molar-refractivity contribution in [2.24, 2.45) is 5.92 Å². The van der Waals surface area contributed by atoms with Gasteiger partial charge in [-0.05, 0) is 39.5 Å². The molecule has 0 bridgehead atoms. The van der Waals surface area contributed by atoms with Crippen molar-refractivity contribution >= 4 is 12.1 Å². The molecule has 2 aliphatic rings. The minimum atomic E-state index is -0.955. The third kappa shape index (κ3) is 2.35. The lowest BCUT2D eigenvalue weighted by Crippen LogP contribution is -2.46. The summed E-state index contributed by atoms with van der Waals surface area (Å²) in [6.45, 7) is 5.33. The second kappa shape index (κ2) is 4.30. The van der Waals surface area contributed by atoms with Gasteiger partial charge < -0.3 is 9.84 Å². The third-order valence-electron chi connectivity index (χ3n) is 3.33. The van der Waals surface area contributed by atoms with E-state index in [0.717, 1.165) is 6.42 Å². The quantitative estimate of drug-likeness (QED) is 0.726. The summed E-state index contributed by atoms with van der Waals surface area (Å²) < 4.78 is 5.30. The lowest BCUT2D eigenvalue weighted by molar-refractivity contribution is -0.142. The van der Waals surface area contributed by atoms with Crippen LogP contribution in [-0.2, 0) is 9.53 Å². The number of carbonyl (C=O) groups is 2. The highest BCUT2D eigenvalue weighted by molar-refractivity contribution is 5.81. The number of amides is 1. The summed E-state index contributed by atoms with van der Waals surface area (Å²) >= 11 is 0. The van der Waals surface area contributed by atoms with Crippen molar-refractivity contribution in [3.05, 3.63) is 12.2 Å². The van der Waals surface area contributed by atoms with Crippen molar-refractivity contribution in [2.45, 2.75) is 51.3 Å². The molecule has 1 saturated heterocycles. The number of carboxylic acid groups (broad SMARTS) is 1. The second-order valence-corrected chi connectivity index (χ2v) is 5.89. The van der Waals surface area contributed by atoms with Gasteiger partial charge in [0.15, 0.2) is 0 Å². The minimum Gasteiger partial charge on any atom is -0.480 e. The van der Waals surface area contributed by atoms with Crippen LogP contribution in [0.4, 0.5) is 4.79 Å². The fraction of sp³-hybridized carbons (Fsp3) is 0.692. The summed E-state index contributed by atoms with van der Waals surface area (Å²) in [4.78, 5) is 24.7. The fourth-order valence-electron chi connectivity index (χ4n) is 2.64. The highest BCUT2D eigenvalue weighted by Gasteiger charge is 2.48. The molecule has 2 rings (SSSR count). The first kappa shape index (κ1) is 12.9. The van der Waals surface area contributed by atoms with E-state index in [1.807, 2.05) is 12.2 Å². The van der Waals surface area contributed by atoms with Gasteiger partial charge in [-0.3, -0.25) is 4.90 Å². The SMILES string of the molecule is CC(C)(C)OC(=O)N1[C@@H]2C=CC[C@H]2C[C@H]1C(=O)O. The Morgan fingerprint density at radius 1 is 1.39 bits per heavy atom. The van der Waals surface area contributed by atoms with Gasteiger partial charge in [-0.1, -0.05) is 12.2 Å². The van der Waals surface area contributed by atoms with Gasteiger partial charge in [0, 0.05) is 0 Å². The van der Waals surface area contributed by atoms with Crippen LogP contribution < -0.4 is 0 Å². The molecule has 18 heavy (non-hydrogen) atoms. The van der Waals surface area contributed by atoms with Crippen LogP contribution in [-0.4, -0.2) is 39.8 Å². The van der Waals surface area contributed by atoms with Crippen molar-refractivity contribution < 1.29 is 19.4 Å². The van der Waals surface area contributed by atoms with E-state index in [0.29, 0.717) is 6.42 Å². The molecule has 5 heteroatoms. The normalized spacial score (nSPS) is 30.4. The smallest absolute Gasteiger partial charge is 0.411 e. The van der Waals surface area contributed by atoms with Gasteiger partial charge in [-0.25, -0.2) is 9.59 Å². The number of nitrogens with zero attached hydrogens (tertiary/aromatic N) is 1. The number of hydrogen-bond acceptors (Lipinski definition) is 3. The van der Waals surface area contributed by atoms with E-state index < -0.39 is 23.7 Å². The first-order chi connectivity index (χ1) is 8.29. The van der Waals surface area contributed by atoms with Crippen LogP contribution in [0.2, 0.25) is 0 Å². The molecule has 0 spiro atoms. The van der Waals surface area contributed by atoms with Crippen molar-refractivity contribution in [3.63, 3.8) is 0 Å². The van der Waals surface area contributed by atoms with Gasteiger partial charge >= 0.3 is 12.1 Å². The molecule has 0 aromatic heterocycles. The molecule has 1 fully saturated rings. The first-order valence-corrected chi connectivity index (χ1v) is 6.20. The van der Waals surface area contributed by atoms with E-state index in [4.69, 9.17) is 4.74 Å². The molecule has 0 aromatic carbocycles. The molecule has 0 saturated carbocycles. The number of fused-ring (bicyclic) bond motifs is 1. The molecular weight excluding hydrogens is 234 g/mol. The Labute approximate surface area is 106 Å². The van der Waals surface area contributed by atoms with E-state index in [2.05, 4.69) is 0 Å². The lowest BCUT2D eigenvalue weighted by Gasteiger charge is -2.29. The van der Waals surface area contributed by atoms with E-state index in [-0.39, 0.29) is 12.0 Å². The Morgan fingerprint density at radius 2 is 2.06 bits per heavy atom. The van der Waals surface area contributed by atoms with Crippen LogP contribution in [0.3, 0.4) is 0 Å². The molecule has 0 aromatic rings. The predicted octanol–water partition coefficient (Wildman–Crippen LogP) is 2.03. The highest BCUT2D eigenvalue weighted by atomic mass is 16.6. The molecule has 0 radical (unpaired) electrons. The average molecular weight is 253 g/mol. The number of rotatable bonds is 1. The van der Waals surface area contributed by atoms with E-state index in [9.17, 15) is 14.7 Å². The van der Waals surface area contributed by atoms with Gasteiger partial charge in [0.05, 0.1) is 6.04 Å². The van der Waals surface area contributed by atoms with E-state index in [1.54, 1.807) is 20.8 Å². The van der Waals surface area contributed by atoms with Crippen molar-refractivity contribution in [2.75, 3.05) is 0 Å². The topological polar surface area (TPSA) is 66.8 Å². The average Bonchev–Trinajstić information content (AvgIpc) is 2.70. The maximum atomic E-state index is 12.1. The number of hydrogen-bond donors (Lipinski definition) is 1. The Kier molecular flexibility index (Phi) is 3.09. The summed E-state index contributed by atoms with van der Waals surface area (Å²) in [5.74, 6) is -0.734. The van der Waals surface area contributed by atoms with Crippen LogP contribution in [0, 0.1) is 5.92 Å². The molecule has 1 amide bonds. The Hall–Kier alpha value is -1.52.